The van der Waals surface area contributed by atoms with E-state index in [1.165, 1.54) is 18.2 Å². The molecule has 2 aromatic rings. The monoisotopic (exact) mass is 403 g/mol. The normalized spacial score (nSPS) is 10.3. The number of hydrogen-bond donors (Lipinski definition) is 0. The minimum absolute atomic E-state index is 0.00722. The number of hydrogen-bond acceptors (Lipinski definition) is 3. The summed E-state index contributed by atoms with van der Waals surface area (Å²) < 4.78 is 20.2. The molecule has 0 bridgehead atoms. The van der Waals surface area contributed by atoms with Crippen LogP contribution >= 0.6 is 31.9 Å². The number of ether oxygens (including phenoxy) is 1. The Kier molecular flexibility index (Phi) is 4.72. The van der Waals surface area contributed by atoms with Gasteiger partial charge in [0.1, 0.15) is 18.2 Å². The van der Waals surface area contributed by atoms with Gasteiger partial charge in [-0.1, -0.05) is 37.9 Å². The molecule has 4 nitrogen and oxygen atoms in total. The van der Waals surface area contributed by atoms with Crippen LogP contribution in [-0.2, 0) is 6.61 Å². The fourth-order valence-corrected chi connectivity index (χ4v) is 2.33. The SMILES string of the molecule is O=[N+]([O-])c1cc(Br)cc(OCc2ccc(Br)cc2F)c1. The second-order valence-electron chi connectivity index (χ2n) is 3.93. The number of nitrogens with zero attached hydrogens (tertiary/aromatic N) is 1. The molecule has 0 aliphatic carbocycles. The molecule has 0 saturated carbocycles. The number of nitro groups is 1. The lowest BCUT2D eigenvalue weighted by atomic mass is 10.2. The Bertz CT molecular complexity index is 664. The van der Waals surface area contributed by atoms with Crippen molar-refractivity contribution >= 4 is 37.5 Å². The summed E-state index contributed by atoms with van der Waals surface area (Å²) >= 11 is 6.33. The Labute approximate surface area is 131 Å². The maximum atomic E-state index is 13.6. The molecule has 7 heteroatoms. The predicted octanol–water partition coefficient (Wildman–Crippen LogP) is 4.84. The van der Waals surface area contributed by atoms with Gasteiger partial charge in [-0.2, -0.15) is 0 Å². The number of nitro benzene ring substituents is 1. The molecule has 0 aliphatic heterocycles. The predicted molar refractivity (Wildman–Crippen MR) is 79.2 cm³/mol. The minimum atomic E-state index is -0.516. The van der Waals surface area contributed by atoms with E-state index in [0.29, 0.717) is 20.3 Å². The topological polar surface area (TPSA) is 52.4 Å². The molecule has 2 aromatic carbocycles. The molecule has 2 rings (SSSR count). The highest BCUT2D eigenvalue weighted by Crippen LogP contribution is 2.27. The molecule has 0 saturated heterocycles. The molecule has 0 atom stereocenters. The van der Waals surface area contributed by atoms with Crippen molar-refractivity contribution in [1.82, 2.24) is 0 Å². The quantitative estimate of drug-likeness (QED) is 0.541. The summed E-state index contributed by atoms with van der Waals surface area (Å²) in [6.45, 7) is -0.00722. The van der Waals surface area contributed by atoms with Crippen molar-refractivity contribution in [1.29, 1.82) is 0 Å². The largest absolute Gasteiger partial charge is 0.488 e. The summed E-state index contributed by atoms with van der Waals surface area (Å²) in [6, 6.07) is 8.87. The van der Waals surface area contributed by atoms with Gasteiger partial charge in [-0.25, -0.2) is 4.39 Å². The summed E-state index contributed by atoms with van der Waals surface area (Å²) in [7, 11) is 0. The lowest BCUT2D eigenvalue weighted by molar-refractivity contribution is -0.385. The maximum absolute atomic E-state index is 13.6. The zero-order valence-corrected chi connectivity index (χ0v) is 13.1. The van der Waals surface area contributed by atoms with Crippen LogP contribution in [0.25, 0.3) is 0 Å². The molecule has 0 unspecified atom stereocenters. The van der Waals surface area contributed by atoms with E-state index >= 15 is 0 Å². The van der Waals surface area contributed by atoms with Gasteiger partial charge in [0.05, 0.1) is 11.0 Å². The molecule has 0 aromatic heterocycles. The van der Waals surface area contributed by atoms with Gasteiger partial charge >= 0.3 is 0 Å². The molecular weight excluding hydrogens is 397 g/mol. The van der Waals surface area contributed by atoms with Crippen LogP contribution in [0.3, 0.4) is 0 Å². The molecule has 0 heterocycles. The number of non-ortho nitro benzene ring substituents is 1. The summed E-state index contributed by atoms with van der Waals surface area (Å²) in [5.74, 6) is -0.0998. The van der Waals surface area contributed by atoms with Crippen LogP contribution in [0.2, 0.25) is 0 Å². The van der Waals surface area contributed by atoms with Gasteiger partial charge in [-0.15, -0.1) is 0 Å². The van der Waals surface area contributed by atoms with Gasteiger partial charge < -0.3 is 4.74 Å². The third-order valence-corrected chi connectivity index (χ3v) is 3.43. The average Bonchev–Trinajstić information content (AvgIpc) is 2.37. The first kappa shape index (κ1) is 14.9. The van der Waals surface area contributed by atoms with E-state index in [1.54, 1.807) is 18.2 Å². The fourth-order valence-electron chi connectivity index (χ4n) is 1.54. The lowest BCUT2D eigenvalue weighted by Crippen LogP contribution is -1.99. The first-order valence-electron chi connectivity index (χ1n) is 5.47. The molecule has 0 spiro atoms. The molecular formula is C13H8Br2FNO3. The van der Waals surface area contributed by atoms with Crippen molar-refractivity contribution in [3.8, 4) is 5.75 Å². The second-order valence-corrected chi connectivity index (χ2v) is 5.76. The van der Waals surface area contributed by atoms with Crippen molar-refractivity contribution in [2.75, 3.05) is 0 Å². The third-order valence-electron chi connectivity index (χ3n) is 2.48. The van der Waals surface area contributed by atoms with E-state index in [-0.39, 0.29) is 12.3 Å². The first-order chi connectivity index (χ1) is 9.45. The van der Waals surface area contributed by atoms with Gasteiger partial charge in [0.25, 0.3) is 5.69 Å². The third kappa shape index (κ3) is 3.77. The van der Waals surface area contributed by atoms with E-state index in [0.717, 1.165) is 0 Å². The molecule has 0 radical (unpaired) electrons. The highest BCUT2D eigenvalue weighted by Gasteiger charge is 2.10. The first-order valence-corrected chi connectivity index (χ1v) is 7.06. The number of benzene rings is 2. The summed E-state index contributed by atoms with van der Waals surface area (Å²) in [5.41, 5.74) is 0.279. The van der Waals surface area contributed by atoms with Gasteiger partial charge in [0.2, 0.25) is 0 Å². The van der Waals surface area contributed by atoms with Gasteiger partial charge in [0.15, 0.2) is 0 Å². The molecule has 104 valence electrons. The summed E-state index contributed by atoms with van der Waals surface area (Å²) in [6.07, 6.45) is 0. The van der Waals surface area contributed by atoms with Crippen LogP contribution in [0.4, 0.5) is 10.1 Å². The summed E-state index contributed by atoms with van der Waals surface area (Å²) in [5, 5.41) is 10.7. The molecule has 0 amide bonds. The van der Waals surface area contributed by atoms with Crippen molar-refractivity contribution in [3.05, 3.63) is 66.8 Å². The second kappa shape index (κ2) is 6.32. The highest BCUT2D eigenvalue weighted by molar-refractivity contribution is 9.10. The number of rotatable bonds is 4. The van der Waals surface area contributed by atoms with E-state index in [9.17, 15) is 14.5 Å². The van der Waals surface area contributed by atoms with Crippen LogP contribution in [0, 0.1) is 15.9 Å². The summed E-state index contributed by atoms with van der Waals surface area (Å²) in [4.78, 5) is 10.2. The van der Waals surface area contributed by atoms with Gasteiger partial charge in [-0.05, 0) is 18.2 Å². The Morgan fingerprint density at radius 3 is 2.55 bits per heavy atom. The Morgan fingerprint density at radius 1 is 1.15 bits per heavy atom. The van der Waals surface area contributed by atoms with Crippen LogP contribution in [0.15, 0.2) is 45.3 Å². The van der Waals surface area contributed by atoms with E-state index in [1.807, 2.05) is 0 Å². The zero-order chi connectivity index (χ0) is 14.7. The Hall–Kier alpha value is -1.47. The van der Waals surface area contributed by atoms with Crippen LogP contribution < -0.4 is 4.74 Å². The molecule has 0 aliphatic rings. The minimum Gasteiger partial charge on any atom is -0.488 e. The molecule has 0 fully saturated rings. The average molecular weight is 405 g/mol. The zero-order valence-electron chi connectivity index (χ0n) is 9.98. The molecule has 0 N–H and O–H groups in total. The Morgan fingerprint density at radius 2 is 1.90 bits per heavy atom. The van der Waals surface area contributed by atoms with Crippen molar-refractivity contribution in [3.63, 3.8) is 0 Å². The van der Waals surface area contributed by atoms with Gasteiger partial charge in [0, 0.05) is 20.6 Å². The fraction of sp³-hybridized carbons (Fsp3) is 0.0769. The van der Waals surface area contributed by atoms with Crippen LogP contribution in [0.5, 0.6) is 5.75 Å². The van der Waals surface area contributed by atoms with Crippen LogP contribution in [-0.4, -0.2) is 4.92 Å². The molecule has 20 heavy (non-hydrogen) atoms. The highest BCUT2D eigenvalue weighted by atomic mass is 79.9. The van der Waals surface area contributed by atoms with Crippen LogP contribution in [0.1, 0.15) is 5.56 Å². The Balaban J connectivity index is 2.16. The van der Waals surface area contributed by atoms with E-state index < -0.39 is 10.7 Å². The smallest absolute Gasteiger partial charge is 0.274 e. The standard InChI is InChI=1S/C13H8Br2FNO3/c14-9-2-1-8(13(16)5-9)7-20-12-4-10(15)3-11(6-12)17(18)19/h1-6H,7H2. The van der Waals surface area contributed by atoms with Gasteiger partial charge in [-0.3, -0.25) is 10.1 Å². The van der Waals surface area contributed by atoms with Crippen molar-refractivity contribution < 1.29 is 14.1 Å². The van der Waals surface area contributed by atoms with Crippen molar-refractivity contribution in [2.45, 2.75) is 6.61 Å². The van der Waals surface area contributed by atoms with Crippen molar-refractivity contribution in [2.24, 2.45) is 0 Å². The van der Waals surface area contributed by atoms with E-state index in [2.05, 4.69) is 31.9 Å². The lowest BCUT2D eigenvalue weighted by Gasteiger charge is -2.08. The maximum Gasteiger partial charge on any atom is 0.274 e. The number of halogens is 3. The van der Waals surface area contributed by atoms with E-state index in [4.69, 9.17) is 4.74 Å².